The van der Waals surface area contributed by atoms with Gasteiger partial charge in [-0.1, -0.05) is 6.08 Å². The summed E-state index contributed by atoms with van der Waals surface area (Å²) in [6, 6.07) is 8.04. The fourth-order valence-electron chi connectivity index (χ4n) is 4.83. The Labute approximate surface area is 239 Å². The monoisotopic (exact) mass is 556 g/mol. The molecule has 12 heteroatoms. The Balaban J connectivity index is 1.47. The molecule has 0 aliphatic carbocycles. The summed E-state index contributed by atoms with van der Waals surface area (Å²) in [7, 11) is 9.68. The maximum Gasteiger partial charge on any atom is 0.248 e. The van der Waals surface area contributed by atoms with Gasteiger partial charge >= 0.3 is 0 Å². The third-order valence-corrected chi connectivity index (χ3v) is 6.86. The van der Waals surface area contributed by atoms with Crippen LogP contribution in [0.15, 0.2) is 61.3 Å². The number of rotatable bonds is 11. The number of fused-ring (bicyclic) bond motifs is 1. The second kappa shape index (κ2) is 12.3. The van der Waals surface area contributed by atoms with Gasteiger partial charge in [-0.05, 0) is 52.8 Å². The first-order valence-electron chi connectivity index (χ1n) is 13.5. The molecule has 0 spiro atoms. The Hall–Kier alpha value is -4.55. The van der Waals surface area contributed by atoms with Crippen molar-refractivity contribution in [2.75, 3.05) is 70.5 Å². The lowest BCUT2D eigenvalue weighted by molar-refractivity contribution is -0.111. The number of ether oxygens (including phenoxy) is 1. The molecule has 4 aromatic rings. The lowest BCUT2D eigenvalue weighted by Crippen LogP contribution is -2.53. The minimum atomic E-state index is -0.203. The highest BCUT2D eigenvalue weighted by atomic mass is 16.5. The second-order valence-corrected chi connectivity index (χ2v) is 10.5. The van der Waals surface area contributed by atoms with E-state index in [2.05, 4.69) is 54.5 Å². The van der Waals surface area contributed by atoms with Crippen molar-refractivity contribution in [3.63, 3.8) is 0 Å². The number of hydrogen-bond donors (Lipinski definition) is 2. The van der Waals surface area contributed by atoms with Crippen molar-refractivity contribution in [3.05, 3.63) is 61.3 Å². The first-order valence-corrected chi connectivity index (χ1v) is 13.5. The number of likely N-dealkylation sites (N-methyl/N-ethyl adjacent to an activating group) is 2. The summed E-state index contributed by atoms with van der Waals surface area (Å²) in [4.78, 5) is 36.9. The van der Waals surface area contributed by atoms with E-state index in [1.165, 1.54) is 6.33 Å². The lowest BCUT2D eigenvalue weighted by Gasteiger charge is -2.45. The summed E-state index contributed by atoms with van der Waals surface area (Å²) < 4.78 is 7.67. The highest BCUT2D eigenvalue weighted by molar-refractivity contribution is 6.02. The molecule has 12 nitrogen and oxygen atoms in total. The molecule has 1 saturated heterocycles. The molecule has 0 radical (unpaired) electrons. The van der Waals surface area contributed by atoms with Crippen molar-refractivity contribution in [2.45, 2.75) is 12.5 Å². The standard InChI is InChI=1S/C29H36N10O2/c1-36(2)12-6-7-27(40)33-22-15-23(26(41-5)16-25(22)38-14-10-21(38)18-37(3)4)34-28-31-19-32-29(35-28)39-13-9-20-17-30-11-8-24(20)39/h6-9,11,13,15-17,19,21H,10,12,14,18H2,1-5H3,(H,33,40)(H,31,32,34,35)/b7-6+. The van der Waals surface area contributed by atoms with E-state index in [1.54, 1.807) is 25.6 Å². The van der Waals surface area contributed by atoms with Gasteiger partial charge in [-0.15, -0.1) is 0 Å². The summed E-state index contributed by atoms with van der Waals surface area (Å²) in [5, 5.41) is 7.34. The van der Waals surface area contributed by atoms with Gasteiger partial charge in [0.1, 0.15) is 12.1 Å². The molecule has 1 unspecified atom stereocenters. The maximum absolute atomic E-state index is 12.9. The molecule has 1 aromatic carbocycles. The molecule has 2 N–H and O–H groups in total. The van der Waals surface area contributed by atoms with Gasteiger partial charge in [0.25, 0.3) is 0 Å². The van der Waals surface area contributed by atoms with E-state index in [0.29, 0.717) is 41.6 Å². The number of carbonyl (C=O) groups is 1. The number of anilines is 4. The second-order valence-electron chi connectivity index (χ2n) is 10.5. The number of hydrogen-bond acceptors (Lipinski definition) is 10. The van der Waals surface area contributed by atoms with E-state index in [0.717, 1.165) is 36.1 Å². The molecule has 1 aliphatic rings. The minimum absolute atomic E-state index is 0.203. The van der Waals surface area contributed by atoms with Crippen LogP contribution in [-0.4, -0.2) is 101 Å². The Morgan fingerprint density at radius 3 is 2.73 bits per heavy atom. The molecule has 214 valence electrons. The number of nitrogens with zero attached hydrogens (tertiary/aromatic N) is 8. The van der Waals surface area contributed by atoms with Crippen molar-refractivity contribution in [1.82, 2.24) is 34.3 Å². The number of aromatic nitrogens is 5. The van der Waals surface area contributed by atoms with Crippen LogP contribution in [-0.2, 0) is 4.79 Å². The van der Waals surface area contributed by atoms with Crippen LogP contribution in [0.2, 0.25) is 0 Å². The van der Waals surface area contributed by atoms with Gasteiger partial charge in [0.2, 0.25) is 17.8 Å². The van der Waals surface area contributed by atoms with Gasteiger partial charge in [0, 0.05) is 61.8 Å². The molecule has 5 rings (SSSR count). The van der Waals surface area contributed by atoms with Gasteiger partial charge in [-0.3, -0.25) is 14.3 Å². The molecular weight excluding hydrogens is 520 g/mol. The Morgan fingerprint density at radius 2 is 2.00 bits per heavy atom. The van der Waals surface area contributed by atoms with Gasteiger partial charge in [0.05, 0.1) is 29.7 Å². The van der Waals surface area contributed by atoms with Crippen LogP contribution >= 0.6 is 0 Å². The molecule has 1 aliphatic heterocycles. The van der Waals surface area contributed by atoms with Crippen molar-refractivity contribution in [2.24, 2.45) is 0 Å². The van der Waals surface area contributed by atoms with E-state index in [4.69, 9.17) is 4.74 Å². The molecule has 41 heavy (non-hydrogen) atoms. The van der Waals surface area contributed by atoms with Gasteiger partial charge in [0.15, 0.2) is 0 Å². The van der Waals surface area contributed by atoms with Crippen LogP contribution in [0.4, 0.5) is 23.0 Å². The highest BCUT2D eigenvalue weighted by Gasteiger charge is 2.31. The van der Waals surface area contributed by atoms with E-state index in [9.17, 15) is 4.79 Å². The van der Waals surface area contributed by atoms with Crippen LogP contribution in [0.5, 0.6) is 5.75 Å². The fourth-order valence-corrected chi connectivity index (χ4v) is 4.83. The predicted octanol–water partition coefficient (Wildman–Crippen LogP) is 3.16. The SMILES string of the molecule is COc1cc(N2CCC2CN(C)C)c(NC(=O)/C=C/CN(C)C)cc1Nc1ncnc(-n2ccc3cnccc32)n1. The number of benzene rings is 1. The van der Waals surface area contributed by atoms with E-state index in [1.807, 2.05) is 60.1 Å². The number of methoxy groups -OCH3 is 1. The fraction of sp³-hybridized carbons (Fsp3) is 0.345. The van der Waals surface area contributed by atoms with Crippen LogP contribution in [0.25, 0.3) is 16.9 Å². The van der Waals surface area contributed by atoms with E-state index < -0.39 is 0 Å². The van der Waals surface area contributed by atoms with Crippen molar-refractivity contribution in [1.29, 1.82) is 0 Å². The van der Waals surface area contributed by atoms with Crippen LogP contribution < -0.4 is 20.3 Å². The maximum atomic E-state index is 12.9. The topological polar surface area (TPSA) is 117 Å². The summed E-state index contributed by atoms with van der Waals surface area (Å²) >= 11 is 0. The molecule has 3 aromatic heterocycles. The lowest BCUT2D eigenvalue weighted by atomic mass is 10.00. The molecule has 0 saturated carbocycles. The van der Waals surface area contributed by atoms with Crippen LogP contribution in [0.1, 0.15) is 6.42 Å². The molecule has 1 atom stereocenters. The molecule has 1 amide bonds. The Bertz CT molecular complexity index is 1550. The minimum Gasteiger partial charge on any atom is -0.494 e. The average molecular weight is 557 g/mol. The molecule has 4 heterocycles. The Kier molecular flexibility index (Phi) is 8.41. The van der Waals surface area contributed by atoms with E-state index in [-0.39, 0.29) is 5.91 Å². The molecular formula is C29H36N10O2. The largest absolute Gasteiger partial charge is 0.494 e. The number of pyridine rings is 1. The normalized spacial score (nSPS) is 15.1. The summed E-state index contributed by atoms with van der Waals surface area (Å²) in [6.45, 7) is 2.47. The zero-order valence-electron chi connectivity index (χ0n) is 24.1. The molecule has 1 fully saturated rings. The van der Waals surface area contributed by atoms with Crippen LogP contribution in [0, 0.1) is 0 Å². The number of amides is 1. The quantitative estimate of drug-likeness (QED) is 0.267. The van der Waals surface area contributed by atoms with E-state index >= 15 is 0 Å². The first-order chi connectivity index (χ1) is 19.8. The summed E-state index contributed by atoms with van der Waals surface area (Å²) in [6.07, 6.45) is 11.4. The predicted molar refractivity (Wildman–Crippen MR) is 161 cm³/mol. The number of nitrogens with one attached hydrogen (secondary N) is 2. The summed E-state index contributed by atoms with van der Waals surface area (Å²) in [5.74, 6) is 1.21. The zero-order valence-corrected chi connectivity index (χ0v) is 24.1. The highest BCUT2D eigenvalue weighted by Crippen LogP contribution is 2.41. The van der Waals surface area contributed by atoms with Crippen LogP contribution in [0.3, 0.4) is 0 Å². The average Bonchev–Trinajstić information content (AvgIpc) is 3.36. The molecule has 0 bridgehead atoms. The smallest absolute Gasteiger partial charge is 0.248 e. The van der Waals surface area contributed by atoms with Crippen molar-refractivity contribution in [3.8, 4) is 11.7 Å². The van der Waals surface area contributed by atoms with Crippen molar-refractivity contribution < 1.29 is 9.53 Å². The Morgan fingerprint density at radius 1 is 1.15 bits per heavy atom. The van der Waals surface area contributed by atoms with Gasteiger partial charge in [-0.2, -0.15) is 4.98 Å². The zero-order chi connectivity index (χ0) is 28.9. The third kappa shape index (κ3) is 6.44. The van der Waals surface area contributed by atoms with Gasteiger partial charge in [-0.25, -0.2) is 9.97 Å². The number of carbonyl (C=O) groups excluding carboxylic acids is 1. The first kappa shape index (κ1) is 28.0. The summed E-state index contributed by atoms with van der Waals surface area (Å²) in [5.41, 5.74) is 3.14. The van der Waals surface area contributed by atoms with Gasteiger partial charge < -0.3 is 30.1 Å². The third-order valence-electron chi connectivity index (χ3n) is 6.86. The van der Waals surface area contributed by atoms with Crippen molar-refractivity contribution >= 4 is 39.8 Å².